The first-order valence-electron chi connectivity index (χ1n) is 8.23. The van der Waals surface area contributed by atoms with E-state index in [1.165, 1.54) is 0 Å². The molecule has 0 saturated carbocycles. The quantitative estimate of drug-likeness (QED) is 0.856. The number of piperidine rings is 1. The summed E-state index contributed by atoms with van der Waals surface area (Å²) in [5.41, 5.74) is 0.525. The average Bonchev–Trinajstić information content (AvgIpc) is 2.64. The monoisotopic (exact) mass is 343 g/mol. The fraction of sp³-hybridized carbons (Fsp3) is 0.316. The Morgan fingerprint density at radius 1 is 0.833 bits per heavy atom. The van der Waals surface area contributed by atoms with Crippen LogP contribution in [0.3, 0.4) is 0 Å². The maximum Gasteiger partial charge on any atom is 0.245 e. The summed E-state index contributed by atoms with van der Waals surface area (Å²) in [6, 6.07) is 17.0. The number of amides is 1. The summed E-state index contributed by atoms with van der Waals surface area (Å²) in [6.45, 7) is 1.26. The van der Waals surface area contributed by atoms with Gasteiger partial charge in [0.15, 0.2) is 15.1 Å². The minimum absolute atomic E-state index is 0.184. The zero-order chi connectivity index (χ0) is 17.0. The van der Waals surface area contributed by atoms with E-state index in [1.54, 1.807) is 59.5 Å². The van der Waals surface area contributed by atoms with Crippen LogP contribution in [0.4, 0.5) is 0 Å². The second-order valence-corrected chi connectivity index (χ2v) is 8.07. The molecule has 0 aliphatic carbocycles. The highest BCUT2D eigenvalue weighted by molar-refractivity contribution is 7.92. The molecular formula is C19H21NO3S. The molecule has 0 N–H and O–H groups in total. The predicted molar refractivity (Wildman–Crippen MR) is 93.2 cm³/mol. The van der Waals surface area contributed by atoms with E-state index in [-0.39, 0.29) is 10.8 Å². The van der Waals surface area contributed by atoms with E-state index in [0.29, 0.717) is 18.7 Å². The molecule has 2 aromatic carbocycles. The van der Waals surface area contributed by atoms with E-state index in [2.05, 4.69) is 0 Å². The predicted octanol–water partition coefficient (Wildman–Crippen LogP) is 3.21. The first-order chi connectivity index (χ1) is 11.6. The van der Waals surface area contributed by atoms with Crippen molar-refractivity contribution in [2.24, 2.45) is 0 Å². The van der Waals surface area contributed by atoms with Crippen LogP contribution < -0.4 is 0 Å². The smallest absolute Gasteiger partial charge is 0.245 e. The molecule has 1 saturated heterocycles. The minimum Gasteiger partial charge on any atom is -0.341 e. The van der Waals surface area contributed by atoms with Crippen molar-refractivity contribution in [3.8, 4) is 0 Å². The molecule has 5 heteroatoms. The van der Waals surface area contributed by atoms with Crippen LogP contribution in [-0.2, 0) is 14.6 Å². The normalized spacial score (nSPS) is 16.6. The molecule has 0 bridgehead atoms. The van der Waals surface area contributed by atoms with Gasteiger partial charge in [0.05, 0.1) is 4.90 Å². The van der Waals surface area contributed by atoms with Gasteiger partial charge in [0.1, 0.15) is 0 Å². The molecule has 1 unspecified atom stereocenters. The molecule has 1 fully saturated rings. The summed E-state index contributed by atoms with van der Waals surface area (Å²) >= 11 is 0. The number of hydrogen-bond acceptors (Lipinski definition) is 3. The topological polar surface area (TPSA) is 54.5 Å². The van der Waals surface area contributed by atoms with Crippen LogP contribution in [0.2, 0.25) is 0 Å². The lowest BCUT2D eigenvalue weighted by Crippen LogP contribution is -2.41. The molecule has 0 spiro atoms. The maximum atomic E-state index is 13.2. The SMILES string of the molecule is O=C(C(c1ccccc1)S(=O)(=O)c1ccccc1)N1CCCCC1. The third-order valence-corrected chi connectivity index (χ3v) is 6.40. The number of likely N-dealkylation sites (tertiary alicyclic amines) is 1. The Hall–Kier alpha value is -2.14. The molecule has 1 aliphatic rings. The highest BCUT2D eigenvalue weighted by atomic mass is 32.2. The van der Waals surface area contributed by atoms with E-state index in [4.69, 9.17) is 0 Å². The van der Waals surface area contributed by atoms with E-state index in [1.807, 2.05) is 6.07 Å². The van der Waals surface area contributed by atoms with Gasteiger partial charge in [-0.05, 0) is 37.0 Å². The van der Waals surface area contributed by atoms with Crippen LogP contribution >= 0.6 is 0 Å². The van der Waals surface area contributed by atoms with Crippen LogP contribution in [-0.4, -0.2) is 32.3 Å². The van der Waals surface area contributed by atoms with Crippen molar-refractivity contribution in [2.45, 2.75) is 29.4 Å². The Balaban J connectivity index is 2.04. The van der Waals surface area contributed by atoms with Crippen LogP contribution in [0.15, 0.2) is 65.6 Å². The summed E-state index contributed by atoms with van der Waals surface area (Å²) in [4.78, 5) is 14.9. The van der Waals surface area contributed by atoms with Crippen molar-refractivity contribution in [3.05, 3.63) is 66.2 Å². The van der Waals surface area contributed by atoms with Gasteiger partial charge in [-0.15, -0.1) is 0 Å². The number of benzene rings is 2. The first kappa shape index (κ1) is 16.7. The summed E-state index contributed by atoms with van der Waals surface area (Å²) < 4.78 is 26.3. The number of hydrogen-bond donors (Lipinski definition) is 0. The fourth-order valence-electron chi connectivity index (χ4n) is 3.11. The summed E-state index contributed by atoms with van der Waals surface area (Å²) in [5.74, 6) is -0.315. The molecule has 24 heavy (non-hydrogen) atoms. The lowest BCUT2D eigenvalue weighted by molar-refractivity contribution is -0.131. The Morgan fingerprint density at radius 3 is 1.96 bits per heavy atom. The van der Waals surface area contributed by atoms with Gasteiger partial charge in [0.2, 0.25) is 5.91 Å². The van der Waals surface area contributed by atoms with E-state index in [0.717, 1.165) is 19.3 Å². The van der Waals surface area contributed by atoms with Gasteiger partial charge in [0.25, 0.3) is 0 Å². The van der Waals surface area contributed by atoms with Crippen LogP contribution in [0.1, 0.15) is 30.1 Å². The van der Waals surface area contributed by atoms with Crippen molar-refractivity contribution >= 4 is 15.7 Å². The zero-order valence-electron chi connectivity index (χ0n) is 13.5. The molecule has 1 aliphatic heterocycles. The molecule has 1 heterocycles. The molecule has 2 aromatic rings. The van der Waals surface area contributed by atoms with Gasteiger partial charge >= 0.3 is 0 Å². The number of rotatable bonds is 4. The molecular weight excluding hydrogens is 322 g/mol. The fourth-order valence-corrected chi connectivity index (χ4v) is 4.85. The molecule has 126 valence electrons. The van der Waals surface area contributed by atoms with Crippen molar-refractivity contribution < 1.29 is 13.2 Å². The summed E-state index contributed by atoms with van der Waals surface area (Å²) in [7, 11) is -3.79. The van der Waals surface area contributed by atoms with Crippen LogP contribution in [0.5, 0.6) is 0 Å². The largest absolute Gasteiger partial charge is 0.341 e. The highest BCUT2D eigenvalue weighted by Gasteiger charge is 2.38. The van der Waals surface area contributed by atoms with Gasteiger partial charge in [-0.3, -0.25) is 4.79 Å². The van der Waals surface area contributed by atoms with E-state index < -0.39 is 15.1 Å². The minimum atomic E-state index is -3.79. The molecule has 1 atom stereocenters. The molecule has 1 amide bonds. The van der Waals surface area contributed by atoms with Crippen LogP contribution in [0, 0.1) is 0 Å². The standard InChI is InChI=1S/C19H21NO3S/c21-19(20-14-8-3-9-15-20)18(16-10-4-1-5-11-16)24(22,23)17-12-6-2-7-13-17/h1-2,4-7,10-13,18H,3,8-9,14-15H2. The van der Waals surface area contributed by atoms with Crippen LogP contribution in [0.25, 0.3) is 0 Å². The van der Waals surface area contributed by atoms with Crippen molar-refractivity contribution in [3.63, 3.8) is 0 Å². The number of nitrogens with zero attached hydrogens (tertiary/aromatic N) is 1. The Bertz CT molecular complexity index is 782. The third-order valence-electron chi connectivity index (χ3n) is 4.38. The lowest BCUT2D eigenvalue weighted by atomic mass is 10.1. The molecule has 3 rings (SSSR count). The lowest BCUT2D eigenvalue weighted by Gasteiger charge is -2.30. The average molecular weight is 343 g/mol. The van der Waals surface area contributed by atoms with Gasteiger partial charge in [-0.1, -0.05) is 48.5 Å². The molecule has 0 aromatic heterocycles. The van der Waals surface area contributed by atoms with Crippen molar-refractivity contribution in [2.75, 3.05) is 13.1 Å². The Morgan fingerprint density at radius 2 is 1.38 bits per heavy atom. The van der Waals surface area contributed by atoms with Gasteiger partial charge in [-0.2, -0.15) is 0 Å². The zero-order valence-corrected chi connectivity index (χ0v) is 14.3. The first-order valence-corrected chi connectivity index (χ1v) is 9.78. The van der Waals surface area contributed by atoms with Gasteiger partial charge < -0.3 is 4.90 Å². The van der Waals surface area contributed by atoms with Gasteiger partial charge in [0, 0.05) is 13.1 Å². The molecule has 4 nitrogen and oxygen atoms in total. The maximum absolute atomic E-state index is 13.2. The van der Waals surface area contributed by atoms with E-state index in [9.17, 15) is 13.2 Å². The summed E-state index contributed by atoms with van der Waals surface area (Å²) in [6.07, 6.45) is 2.95. The second-order valence-electron chi connectivity index (χ2n) is 6.03. The Kier molecular flexibility index (Phi) is 5.00. The molecule has 0 radical (unpaired) electrons. The second kappa shape index (κ2) is 7.18. The number of sulfone groups is 1. The van der Waals surface area contributed by atoms with Gasteiger partial charge in [-0.25, -0.2) is 8.42 Å². The van der Waals surface area contributed by atoms with Crippen molar-refractivity contribution in [1.82, 2.24) is 4.90 Å². The Labute approximate surface area is 143 Å². The third kappa shape index (κ3) is 3.36. The van der Waals surface area contributed by atoms with E-state index >= 15 is 0 Å². The van der Waals surface area contributed by atoms with Crippen molar-refractivity contribution in [1.29, 1.82) is 0 Å². The number of carbonyl (C=O) groups excluding carboxylic acids is 1. The summed E-state index contributed by atoms with van der Waals surface area (Å²) in [5, 5.41) is -1.18. The highest BCUT2D eigenvalue weighted by Crippen LogP contribution is 2.31. The number of carbonyl (C=O) groups is 1.